The number of carbonyl (C=O) groups excluding carboxylic acids is 2. The van der Waals surface area contributed by atoms with Crippen LogP contribution in [0.2, 0.25) is 0 Å². The van der Waals surface area contributed by atoms with Gasteiger partial charge < -0.3 is 10.2 Å². The van der Waals surface area contributed by atoms with Gasteiger partial charge in [-0.2, -0.15) is 0 Å². The van der Waals surface area contributed by atoms with Crippen LogP contribution in [0.25, 0.3) is 0 Å². The lowest BCUT2D eigenvalue weighted by Gasteiger charge is -2.15. The van der Waals surface area contributed by atoms with Crippen LogP contribution in [0.5, 0.6) is 0 Å². The molecule has 0 atom stereocenters. The molecule has 1 aliphatic rings. The fraction of sp³-hybridized carbons (Fsp3) is 0.391. The van der Waals surface area contributed by atoms with Crippen LogP contribution in [-0.2, 0) is 24.2 Å². The molecule has 2 amide bonds. The molecule has 0 aromatic heterocycles. The average molecular weight is 364 g/mol. The highest BCUT2D eigenvalue weighted by atomic mass is 16.2. The van der Waals surface area contributed by atoms with Gasteiger partial charge in [0, 0.05) is 31.6 Å². The highest BCUT2D eigenvalue weighted by Gasteiger charge is 2.19. The summed E-state index contributed by atoms with van der Waals surface area (Å²) in [5, 5.41) is 2.96. The maximum atomic E-state index is 12.3. The third-order valence-corrected chi connectivity index (χ3v) is 5.16. The van der Waals surface area contributed by atoms with Crippen LogP contribution in [0.1, 0.15) is 53.2 Å². The van der Waals surface area contributed by atoms with E-state index in [4.69, 9.17) is 0 Å². The van der Waals surface area contributed by atoms with Gasteiger partial charge in [0.15, 0.2) is 0 Å². The van der Waals surface area contributed by atoms with Gasteiger partial charge in [0.25, 0.3) is 5.91 Å². The van der Waals surface area contributed by atoms with E-state index in [2.05, 4.69) is 36.5 Å². The Bertz CT molecular complexity index is 760. The molecular weight excluding hydrogens is 336 g/mol. The molecule has 0 saturated carbocycles. The summed E-state index contributed by atoms with van der Waals surface area (Å²) in [5.74, 6) is 0.156. The molecular formula is C23H28N2O2. The summed E-state index contributed by atoms with van der Waals surface area (Å²) in [6.07, 6.45) is 4.45. The number of hydrogen-bond donors (Lipinski definition) is 1. The molecule has 2 aromatic carbocycles. The van der Waals surface area contributed by atoms with Crippen molar-refractivity contribution in [1.82, 2.24) is 10.2 Å². The van der Waals surface area contributed by atoms with E-state index in [9.17, 15) is 9.59 Å². The van der Waals surface area contributed by atoms with Crippen molar-refractivity contribution in [3.8, 4) is 0 Å². The lowest BCUT2D eigenvalue weighted by molar-refractivity contribution is -0.121. The van der Waals surface area contributed by atoms with E-state index in [1.165, 1.54) is 11.1 Å². The van der Waals surface area contributed by atoms with Crippen LogP contribution in [0.3, 0.4) is 0 Å². The molecule has 1 heterocycles. The number of benzene rings is 2. The SMILES string of the molecule is CCc1ccc(CCC(=O)NCc2ccc(C(=O)N3CCCC3)cc2)cc1. The molecule has 0 spiro atoms. The highest BCUT2D eigenvalue weighted by molar-refractivity contribution is 5.94. The van der Waals surface area contributed by atoms with Crippen LogP contribution in [-0.4, -0.2) is 29.8 Å². The summed E-state index contributed by atoms with van der Waals surface area (Å²) in [6.45, 7) is 4.35. The topological polar surface area (TPSA) is 49.4 Å². The minimum absolute atomic E-state index is 0.0480. The number of nitrogens with zero attached hydrogens (tertiary/aromatic N) is 1. The molecule has 0 bridgehead atoms. The van der Waals surface area contributed by atoms with Crippen LogP contribution in [0, 0.1) is 0 Å². The predicted molar refractivity (Wildman–Crippen MR) is 108 cm³/mol. The third kappa shape index (κ3) is 5.43. The maximum absolute atomic E-state index is 12.3. The first-order valence-electron chi connectivity index (χ1n) is 9.88. The highest BCUT2D eigenvalue weighted by Crippen LogP contribution is 2.14. The van der Waals surface area contributed by atoms with Gasteiger partial charge >= 0.3 is 0 Å². The second kappa shape index (κ2) is 9.36. The van der Waals surface area contributed by atoms with Crippen molar-refractivity contribution < 1.29 is 9.59 Å². The number of amides is 2. The first kappa shape index (κ1) is 19.2. The molecule has 1 fully saturated rings. The van der Waals surface area contributed by atoms with Gasteiger partial charge in [-0.25, -0.2) is 0 Å². The molecule has 4 nitrogen and oxygen atoms in total. The van der Waals surface area contributed by atoms with Crippen molar-refractivity contribution in [3.63, 3.8) is 0 Å². The summed E-state index contributed by atoms with van der Waals surface area (Å²) in [7, 11) is 0. The molecule has 142 valence electrons. The summed E-state index contributed by atoms with van der Waals surface area (Å²) in [6, 6.07) is 16.0. The second-order valence-corrected chi connectivity index (χ2v) is 7.14. The van der Waals surface area contributed by atoms with Gasteiger partial charge in [-0.3, -0.25) is 9.59 Å². The van der Waals surface area contributed by atoms with Crippen molar-refractivity contribution in [1.29, 1.82) is 0 Å². The molecule has 2 aromatic rings. The van der Waals surface area contributed by atoms with Crippen molar-refractivity contribution >= 4 is 11.8 Å². The Hall–Kier alpha value is -2.62. The van der Waals surface area contributed by atoms with E-state index in [0.717, 1.165) is 49.9 Å². The monoisotopic (exact) mass is 364 g/mol. The average Bonchev–Trinajstić information content (AvgIpc) is 3.26. The van der Waals surface area contributed by atoms with Crippen molar-refractivity contribution in [2.75, 3.05) is 13.1 Å². The van der Waals surface area contributed by atoms with E-state index >= 15 is 0 Å². The standard InChI is InChI=1S/C23H28N2O2/c1-2-18-5-7-19(8-6-18)11-14-22(26)24-17-20-9-12-21(13-10-20)23(27)25-15-3-4-16-25/h5-10,12-13H,2-4,11,14-17H2,1H3,(H,24,26). The summed E-state index contributed by atoms with van der Waals surface area (Å²) >= 11 is 0. The van der Waals surface area contributed by atoms with E-state index in [1.807, 2.05) is 29.2 Å². The minimum atomic E-state index is 0.0480. The molecule has 1 saturated heterocycles. The van der Waals surface area contributed by atoms with Gasteiger partial charge in [-0.15, -0.1) is 0 Å². The number of rotatable bonds is 7. The molecule has 27 heavy (non-hydrogen) atoms. The quantitative estimate of drug-likeness (QED) is 0.814. The minimum Gasteiger partial charge on any atom is -0.352 e. The Morgan fingerprint density at radius 3 is 2.11 bits per heavy atom. The Balaban J connectivity index is 1.43. The molecule has 4 heteroatoms. The van der Waals surface area contributed by atoms with Crippen LogP contribution >= 0.6 is 0 Å². The summed E-state index contributed by atoms with van der Waals surface area (Å²) in [4.78, 5) is 26.3. The number of likely N-dealkylation sites (tertiary alicyclic amines) is 1. The molecule has 0 aliphatic carbocycles. The number of aryl methyl sites for hydroxylation is 2. The molecule has 3 rings (SSSR count). The van der Waals surface area contributed by atoms with Gasteiger partial charge in [-0.05, 0) is 54.5 Å². The third-order valence-electron chi connectivity index (χ3n) is 5.16. The van der Waals surface area contributed by atoms with Crippen molar-refractivity contribution in [3.05, 3.63) is 70.8 Å². The number of hydrogen-bond acceptors (Lipinski definition) is 2. The molecule has 1 N–H and O–H groups in total. The normalized spacial score (nSPS) is 13.6. The number of carbonyl (C=O) groups is 2. The van der Waals surface area contributed by atoms with Gasteiger partial charge in [-0.1, -0.05) is 43.3 Å². The molecule has 0 unspecified atom stereocenters. The van der Waals surface area contributed by atoms with E-state index in [1.54, 1.807) is 0 Å². The predicted octanol–water partition coefficient (Wildman–Crippen LogP) is 3.73. The largest absolute Gasteiger partial charge is 0.352 e. The van der Waals surface area contributed by atoms with E-state index < -0.39 is 0 Å². The second-order valence-electron chi connectivity index (χ2n) is 7.14. The lowest BCUT2D eigenvalue weighted by atomic mass is 10.1. The lowest BCUT2D eigenvalue weighted by Crippen LogP contribution is -2.27. The zero-order chi connectivity index (χ0) is 19.1. The van der Waals surface area contributed by atoms with Crippen LogP contribution in [0.4, 0.5) is 0 Å². The molecule has 0 radical (unpaired) electrons. The van der Waals surface area contributed by atoms with Crippen molar-refractivity contribution in [2.24, 2.45) is 0 Å². The smallest absolute Gasteiger partial charge is 0.253 e. The Morgan fingerprint density at radius 1 is 0.889 bits per heavy atom. The Kier molecular flexibility index (Phi) is 6.64. The van der Waals surface area contributed by atoms with Crippen molar-refractivity contribution in [2.45, 2.75) is 45.6 Å². The zero-order valence-electron chi connectivity index (χ0n) is 16.0. The first-order valence-corrected chi connectivity index (χ1v) is 9.88. The Morgan fingerprint density at radius 2 is 1.48 bits per heavy atom. The van der Waals surface area contributed by atoms with E-state index in [-0.39, 0.29) is 11.8 Å². The first-order chi connectivity index (χ1) is 13.2. The van der Waals surface area contributed by atoms with Crippen LogP contribution in [0.15, 0.2) is 48.5 Å². The maximum Gasteiger partial charge on any atom is 0.253 e. The Labute approximate surface area is 161 Å². The van der Waals surface area contributed by atoms with Crippen LogP contribution < -0.4 is 5.32 Å². The molecule has 1 aliphatic heterocycles. The summed E-state index contributed by atoms with van der Waals surface area (Å²) < 4.78 is 0. The number of nitrogens with one attached hydrogen (secondary N) is 1. The van der Waals surface area contributed by atoms with Gasteiger partial charge in [0.2, 0.25) is 5.91 Å². The van der Waals surface area contributed by atoms with Gasteiger partial charge in [0.1, 0.15) is 0 Å². The fourth-order valence-electron chi connectivity index (χ4n) is 3.36. The van der Waals surface area contributed by atoms with Gasteiger partial charge in [0.05, 0.1) is 0 Å². The van der Waals surface area contributed by atoms with E-state index in [0.29, 0.717) is 13.0 Å². The summed E-state index contributed by atoms with van der Waals surface area (Å²) in [5.41, 5.74) is 4.23. The zero-order valence-corrected chi connectivity index (χ0v) is 16.0. The fourth-order valence-corrected chi connectivity index (χ4v) is 3.36.